The van der Waals surface area contributed by atoms with Crippen molar-refractivity contribution >= 4 is 62.8 Å². The molecule has 1 atom stereocenters. The van der Waals surface area contributed by atoms with Crippen molar-refractivity contribution in [3.63, 3.8) is 0 Å². The molecule has 162 valence electrons. The molecule has 3 rings (SSSR count). The molecule has 2 aromatic rings. The van der Waals surface area contributed by atoms with E-state index in [1.165, 1.54) is 41.8 Å². The number of anilines is 2. The van der Waals surface area contributed by atoms with Gasteiger partial charge in [0.05, 0.1) is 12.2 Å². The first-order valence-electron chi connectivity index (χ1n) is 9.15. The fourth-order valence-electron chi connectivity index (χ4n) is 2.64. The number of carbonyl (C=O) groups is 5. The minimum absolute atomic E-state index is 0.237. The molecule has 1 fully saturated rings. The summed E-state index contributed by atoms with van der Waals surface area (Å²) >= 11 is 1.91. The van der Waals surface area contributed by atoms with Crippen LogP contribution in [0.25, 0.3) is 0 Å². The summed E-state index contributed by atoms with van der Waals surface area (Å²) in [6.07, 6.45) is 1.28. The molecule has 10 nitrogen and oxygen atoms in total. The highest BCUT2D eigenvalue weighted by molar-refractivity contribution is 8.15. The van der Waals surface area contributed by atoms with E-state index in [1.54, 1.807) is 12.3 Å². The molecule has 1 aliphatic rings. The molecule has 0 radical (unpaired) electrons. The third-order valence-corrected chi connectivity index (χ3v) is 5.80. The van der Waals surface area contributed by atoms with Crippen molar-refractivity contribution in [3.8, 4) is 0 Å². The van der Waals surface area contributed by atoms with Crippen LogP contribution < -0.4 is 10.6 Å². The van der Waals surface area contributed by atoms with Gasteiger partial charge >= 0.3 is 5.97 Å². The van der Waals surface area contributed by atoms with E-state index in [4.69, 9.17) is 4.74 Å². The van der Waals surface area contributed by atoms with Gasteiger partial charge in [0.25, 0.3) is 5.24 Å². The first-order chi connectivity index (χ1) is 14.9. The molecule has 12 heteroatoms. The van der Waals surface area contributed by atoms with Gasteiger partial charge in [0, 0.05) is 23.7 Å². The van der Waals surface area contributed by atoms with E-state index in [9.17, 15) is 24.0 Å². The highest BCUT2D eigenvalue weighted by atomic mass is 32.2. The van der Waals surface area contributed by atoms with Gasteiger partial charge in [-0.25, -0.2) is 9.78 Å². The van der Waals surface area contributed by atoms with Crippen molar-refractivity contribution in [1.29, 1.82) is 0 Å². The summed E-state index contributed by atoms with van der Waals surface area (Å²) in [4.78, 5) is 65.3. The van der Waals surface area contributed by atoms with E-state index in [-0.39, 0.29) is 13.0 Å². The van der Waals surface area contributed by atoms with Gasteiger partial charge in [-0.3, -0.25) is 24.1 Å². The Bertz CT molecular complexity index is 993. The first kappa shape index (κ1) is 22.4. The third kappa shape index (κ3) is 5.89. The minimum atomic E-state index is -0.918. The summed E-state index contributed by atoms with van der Waals surface area (Å²) in [6, 6.07) is 6.09. The van der Waals surface area contributed by atoms with E-state index in [0.717, 1.165) is 4.90 Å². The molecule has 0 spiro atoms. The van der Waals surface area contributed by atoms with Crippen molar-refractivity contribution < 1.29 is 28.7 Å². The second-order valence-corrected chi connectivity index (χ2v) is 8.28. The number of nitrogens with one attached hydrogen (secondary N) is 2. The highest BCUT2D eigenvalue weighted by Gasteiger charge is 2.41. The zero-order valence-corrected chi connectivity index (χ0v) is 18.0. The van der Waals surface area contributed by atoms with Crippen LogP contribution in [0.15, 0.2) is 35.8 Å². The lowest BCUT2D eigenvalue weighted by Gasteiger charge is -2.13. The predicted octanol–water partition coefficient (Wildman–Crippen LogP) is 2.35. The second-order valence-electron chi connectivity index (χ2n) is 6.23. The number of carbonyl (C=O) groups excluding carboxylic acids is 5. The number of hydrogen-bond donors (Lipinski definition) is 2. The fourth-order valence-corrected chi connectivity index (χ4v) is 4.18. The van der Waals surface area contributed by atoms with Crippen LogP contribution in [0.4, 0.5) is 15.6 Å². The quantitative estimate of drug-likeness (QED) is 0.571. The topological polar surface area (TPSA) is 135 Å². The second kappa shape index (κ2) is 10.2. The number of thiazole rings is 1. The van der Waals surface area contributed by atoms with E-state index in [2.05, 4.69) is 15.6 Å². The molecular formula is C19H18N4O6S2. The number of imide groups is 1. The highest BCUT2D eigenvalue weighted by Crippen LogP contribution is 2.29. The Morgan fingerprint density at radius 3 is 2.52 bits per heavy atom. The molecule has 0 aliphatic carbocycles. The Morgan fingerprint density at radius 2 is 1.87 bits per heavy atom. The van der Waals surface area contributed by atoms with Crippen molar-refractivity contribution in [2.75, 3.05) is 23.8 Å². The minimum Gasteiger partial charge on any atom is -0.462 e. The standard InChI is InChI=1S/C19H18N4O6S2/c1-2-29-17(27)11-3-5-12(6-4-11)21-14(24)9-13-16(26)23(19(28)31-13)10-15(25)22-18-20-7-8-30-18/h3-8,13H,2,9-10H2,1H3,(H,21,24)(H,20,22,25)/t13-/m0/s1. The number of aromatic nitrogens is 1. The molecule has 0 bridgehead atoms. The summed E-state index contributed by atoms with van der Waals surface area (Å²) < 4.78 is 4.89. The number of rotatable bonds is 8. The number of esters is 1. The summed E-state index contributed by atoms with van der Waals surface area (Å²) in [7, 11) is 0. The molecule has 1 saturated heterocycles. The molecule has 1 aromatic carbocycles. The van der Waals surface area contributed by atoms with E-state index in [1.807, 2.05) is 0 Å². The maximum atomic E-state index is 12.5. The average molecular weight is 463 g/mol. The number of benzene rings is 1. The normalized spacial score (nSPS) is 15.6. The number of amides is 4. The van der Waals surface area contributed by atoms with Crippen molar-refractivity contribution in [1.82, 2.24) is 9.88 Å². The molecule has 1 aliphatic heterocycles. The Morgan fingerprint density at radius 1 is 1.13 bits per heavy atom. The van der Waals surface area contributed by atoms with Gasteiger partial charge in [-0.1, -0.05) is 11.8 Å². The van der Waals surface area contributed by atoms with Gasteiger partial charge in [-0.2, -0.15) is 0 Å². The summed E-state index contributed by atoms with van der Waals surface area (Å²) in [5.74, 6) is -2.09. The number of thioether (sulfide) groups is 1. The molecule has 31 heavy (non-hydrogen) atoms. The Balaban J connectivity index is 1.52. The average Bonchev–Trinajstić information content (AvgIpc) is 3.32. The molecule has 2 N–H and O–H groups in total. The van der Waals surface area contributed by atoms with Crippen LogP contribution in [0.5, 0.6) is 0 Å². The number of ether oxygens (including phenoxy) is 1. The maximum Gasteiger partial charge on any atom is 0.338 e. The van der Waals surface area contributed by atoms with Crippen LogP contribution in [0.2, 0.25) is 0 Å². The monoisotopic (exact) mass is 462 g/mol. The summed E-state index contributed by atoms with van der Waals surface area (Å²) in [5, 5.41) is 5.65. The Hall–Kier alpha value is -3.25. The SMILES string of the molecule is CCOC(=O)c1ccc(NC(=O)C[C@@H]2SC(=O)N(CC(=O)Nc3nccs3)C2=O)cc1. The van der Waals surface area contributed by atoms with Crippen LogP contribution in [0.1, 0.15) is 23.7 Å². The van der Waals surface area contributed by atoms with E-state index >= 15 is 0 Å². The number of hydrogen-bond acceptors (Lipinski definition) is 9. The Kier molecular flexibility index (Phi) is 7.36. The van der Waals surface area contributed by atoms with Gasteiger partial charge in [-0.05, 0) is 31.2 Å². The summed E-state index contributed by atoms with van der Waals surface area (Å²) in [5.41, 5.74) is 0.776. The molecule has 0 saturated carbocycles. The van der Waals surface area contributed by atoms with E-state index in [0.29, 0.717) is 28.1 Å². The molecule has 4 amide bonds. The zero-order chi connectivity index (χ0) is 22.4. The third-order valence-electron chi connectivity index (χ3n) is 4.04. The zero-order valence-electron chi connectivity index (χ0n) is 16.3. The largest absolute Gasteiger partial charge is 0.462 e. The van der Waals surface area contributed by atoms with Crippen LogP contribution in [0.3, 0.4) is 0 Å². The van der Waals surface area contributed by atoms with Crippen molar-refractivity contribution in [3.05, 3.63) is 41.4 Å². The fraction of sp³-hybridized carbons (Fsp3) is 0.263. The lowest BCUT2D eigenvalue weighted by molar-refractivity contribution is -0.131. The summed E-state index contributed by atoms with van der Waals surface area (Å²) in [6.45, 7) is 1.51. The smallest absolute Gasteiger partial charge is 0.338 e. The molecule has 0 unspecified atom stereocenters. The van der Waals surface area contributed by atoms with Crippen LogP contribution in [-0.2, 0) is 19.1 Å². The van der Waals surface area contributed by atoms with Crippen LogP contribution >= 0.6 is 23.1 Å². The first-order valence-corrected chi connectivity index (χ1v) is 10.9. The molecule has 1 aromatic heterocycles. The van der Waals surface area contributed by atoms with Gasteiger partial charge in [0.2, 0.25) is 17.7 Å². The van der Waals surface area contributed by atoms with Crippen molar-refractivity contribution in [2.24, 2.45) is 0 Å². The van der Waals surface area contributed by atoms with Gasteiger partial charge in [0.1, 0.15) is 11.8 Å². The van der Waals surface area contributed by atoms with E-state index < -0.39 is 40.7 Å². The van der Waals surface area contributed by atoms with Gasteiger partial charge in [0.15, 0.2) is 5.13 Å². The lowest BCUT2D eigenvalue weighted by Crippen LogP contribution is -2.38. The van der Waals surface area contributed by atoms with Crippen LogP contribution in [-0.4, -0.2) is 57.2 Å². The van der Waals surface area contributed by atoms with Gasteiger partial charge < -0.3 is 15.4 Å². The van der Waals surface area contributed by atoms with Crippen molar-refractivity contribution in [2.45, 2.75) is 18.6 Å². The lowest BCUT2D eigenvalue weighted by atomic mass is 10.2. The van der Waals surface area contributed by atoms with Crippen LogP contribution in [0, 0.1) is 0 Å². The maximum absolute atomic E-state index is 12.5. The molecular weight excluding hydrogens is 444 g/mol. The van der Waals surface area contributed by atoms with Gasteiger partial charge in [-0.15, -0.1) is 11.3 Å². The Labute approximate surface area is 185 Å². The predicted molar refractivity (Wildman–Crippen MR) is 115 cm³/mol. The molecule has 2 heterocycles. The number of nitrogens with zero attached hydrogens (tertiary/aromatic N) is 2.